The molecule has 0 aliphatic carbocycles. The summed E-state index contributed by atoms with van der Waals surface area (Å²) < 4.78 is 1.41. The molecule has 1 aliphatic rings. The van der Waals surface area contributed by atoms with Crippen molar-refractivity contribution in [2.45, 2.75) is 19.9 Å². The van der Waals surface area contributed by atoms with Gasteiger partial charge in [-0.2, -0.15) is 5.10 Å². The number of aryl methyl sites for hydroxylation is 1. The molecule has 1 saturated heterocycles. The van der Waals surface area contributed by atoms with Crippen LogP contribution in [0.4, 0.5) is 5.69 Å². The lowest BCUT2D eigenvalue weighted by Gasteiger charge is -2.27. The summed E-state index contributed by atoms with van der Waals surface area (Å²) in [5.74, 6) is 0. The molecular formula is C13H22ClN5O. The molecule has 2 rings (SSSR count). The zero-order valence-electron chi connectivity index (χ0n) is 11.9. The molecule has 112 valence electrons. The number of anilines is 1. The van der Waals surface area contributed by atoms with Gasteiger partial charge in [-0.1, -0.05) is 18.5 Å². The molecule has 1 aliphatic heterocycles. The average molecular weight is 300 g/mol. The summed E-state index contributed by atoms with van der Waals surface area (Å²) in [7, 11) is 0. The molecule has 1 aromatic rings. The van der Waals surface area contributed by atoms with Gasteiger partial charge in [0.15, 0.2) is 0 Å². The summed E-state index contributed by atoms with van der Waals surface area (Å²) in [6.45, 7) is 8.50. The van der Waals surface area contributed by atoms with Crippen molar-refractivity contribution in [3.63, 3.8) is 0 Å². The van der Waals surface area contributed by atoms with E-state index in [1.165, 1.54) is 4.68 Å². The Morgan fingerprint density at radius 3 is 2.85 bits per heavy atom. The van der Waals surface area contributed by atoms with Gasteiger partial charge in [0.2, 0.25) is 0 Å². The van der Waals surface area contributed by atoms with Gasteiger partial charge in [-0.15, -0.1) is 0 Å². The maximum atomic E-state index is 12.0. The Labute approximate surface area is 124 Å². The second-order valence-corrected chi connectivity index (χ2v) is 5.30. The first-order chi connectivity index (χ1) is 9.72. The van der Waals surface area contributed by atoms with Gasteiger partial charge < -0.3 is 10.6 Å². The smallest absolute Gasteiger partial charge is 0.287 e. The van der Waals surface area contributed by atoms with E-state index >= 15 is 0 Å². The number of nitrogens with zero attached hydrogens (tertiary/aromatic N) is 3. The van der Waals surface area contributed by atoms with Gasteiger partial charge in [0.05, 0.1) is 11.9 Å². The molecule has 7 heteroatoms. The van der Waals surface area contributed by atoms with Crippen molar-refractivity contribution in [2.24, 2.45) is 0 Å². The lowest BCUT2D eigenvalue weighted by atomic mass is 10.3. The van der Waals surface area contributed by atoms with E-state index in [1.807, 2.05) is 6.92 Å². The van der Waals surface area contributed by atoms with E-state index in [1.54, 1.807) is 6.20 Å². The number of rotatable bonds is 6. The molecule has 0 spiro atoms. The zero-order valence-corrected chi connectivity index (χ0v) is 12.6. The number of hydrogen-bond acceptors (Lipinski definition) is 5. The van der Waals surface area contributed by atoms with Crippen molar-refractivity contribution in [3.05, 3.63) is 21.6 Å². The predicted molar refractivity (Wildman–Crippen MR) is 81.6 cm³/mol. The van der Waals surface area contributed by atoms with Gasteiger partial charge in [-0.05, 0) is 6.42 Å². The molecule has 6 nitrogen and oxygen atoms in total. The predicted octanol–water partition coefficient (Wildman–Crippen LogP) is 0.624. The highest BCUT2D eigenvalue weighted by molar-refractivity contribution is 6.32. The van der Waals surface area contributed by atoms with Gasteiger partial charge in [0.25, 0.3) is 5.56 Å². The normalized spacial score (nSPS) is 16.3. The molecule has 0 saturated carbocycles. The van der Waals surface area contributed by atoms with Crippen LogP contribution in [-0.4, -0.2) is 53.9 Å². The first-order valence-electron chi connectivity index (χ1n) is 7.15. The molecule has 1 fully saturated rings. The van der Waals surface area contributed by atoms with Gasteiger partial charge in [0.1, 0.15) is 5.02 Å². The van der Waals surface area contributed by atoms with Gasteiger partial charge in [0, 0.05) is 45.8 Å². The fourth-order valence-corrected chi connectivity index (χ4v) is 2.46. The third-order valence-electron chi connectivity index (χ3n) is 3.37. The summed E-state index contributed by atoms with van der Waals surface area (Å²) >= 11 is 6.10. The number of halogens is 1. The van der Waals surface area contributed by atoms with E-state index in [9.17, 15) is 4.79 Å². The SMILES string of the molecule is CCCn1ncc(NCCN2CCNCC2)c(Cl)c1=O. The molecule has 0 aromatic carbocycles. The lowest BCUT2D eigenvalue weighted by Crippen LogP contribution is -2.45. The Morgan fingerprint density at radius 1 is 1.40 bits per heavy atom. The molecule has 0 amide bonds. The van der Waals surface area contributed by atoms with E-state index in [0.717, 1.165) is 45.7 Å². The first-order valence-corrected chi connectivity index (χ1v) is 7.52. The number of aromatic nitrogens is 2. The maximum absolute atomic E-state index is 12.0. The number of hydrogen-bond donors (Lipinski definition) is 2. The van der Waals surface area contributed by atoms with Gasteiger partial charge in [-0.25, -0.2) is 4.68 Å². The second-order valence-electron chi connectivity index (χ2n) is 4.92. The Kier molecular flexibility index (Phi) is 5.82. The highest BCUT2D eigenvalue weighted by Gasteiger charge is 2.11. The van der Waals surface area contributed by atoms with Crippen molar-refractivity contribution < 1.29 is 0 Å². The molecule has 0 unspecified atom stereocenters. The summed E-state index contributed by atoms with van der Waals surface area (Å²) in [5.41, 5.74) is 0.403. The van der Waals surface area contributed by atoms with Gasteiger partial charge >= 0.3 is 0 Å². The van der Waals surface area contributed by atoms with E-state index in [4.69, 9.17) is 11.6 Å². The summed E-state index contributed by atoms with van der Waals surface area (Å²) in [6.07, 6.45) is 2.50. The molecule has 0 radical (unpaired) electrons. The maximum Gasteiger partial charge on any atom is 0.287 e. The van der Waals surface area contributed by atoms with Crippen molar-refractivity contribution in [3.8, 4) is 0 Å². The third-order valence-corrected chi connectivity index (χ3v) is 3.74. The lowest BCUT2D eigenvalue weighted by molar-refractivity contribution is 0.249. The summed E-state index contributed by atoms with van der Waals surface area (Å²) in [5, 5.41) is 10.9. The number of nitrogens with one attached hydrogen (secondary N) is 2. The minimum Gasteiger partial charge on any atom is -0.381 e. The molecule has 1 aromatic heterocycles. The molecule has 0 bridgehead atoms. The molecule has 2 heterocycles. The van der Waals surface area contributed by atoms with E-state index in [2.05, 4.69) is 20.6 Å². The van der Waals surface area contributed by atoms with Crippen LogP contribution in [0.2, 0.25) is 5.02 Å². The highest BCUT2D eigenvalue weighted by atomic mass is 35.5. The first kappa shape index (κ1) is 15.3. The van der Waals surface area contributed by atoms with Crippen LogP contribution in [0.3, 0.4) is 0 Å². The quantitative estimate of drug-likeness (QED) is 0.806. The van der Waals surface area contributed by atoms with Crippen molar-refractivity contribution in [2.75, 3.05) is 44.6 Å². The van der Waals surface area contributed by atoms with Crippen molar-refractivity contribution in [1.82, 2.24) is 20.0 Å². The van der Waals surface area contributed by atoms with Crippen LogP contribution in [0.5, 0.6) is 0 Å². The molecule has 0 atom stereocenters. The van der Waals surface area contributed by atoms with Crippen LogP contribution in [-0.2, 0) is 6.54 Å². The molecule has 2 N–H and O–H groups in total. The second kappa shape index (κ2) is 7.61. The topological polar surface area (TPSA) is 62.2 Å². The van der Waals surface area contributed by atoms with Crippen LogP contribution < -0.4 is 16.2 Å². The highest BCUT2D eigenvalue weighted by Crippen LogP contribution is 2.14. The average Bonchev–Trinajstić information content (AvgIpc) is 2.48. The van der Waals surface area contributed by atoms with Gasteiger partial charge in [-0.3, -0.25) is 9.69 Å². The molecular weight excluding hydrogens is 278 g/mol. The Morgan fingerprint density at radius 2 is 2.15 bits per heavy atom. The fourth-order valence-electron chi connectivity index (χ4n) is 2.24. The van der Waals surface area contributed by atoms with Crippen LogP contribution in [0.25, 0.3) is 0 Å². The van der Waals surface area contributed by atoms with Crippen LogP contribution in [0.1, 0.15) is 13.3 Å². The van der Waals surface area contributed by atoms with Crippen LogP contribution >= 0.6 is 11.6 Å². The molecule has 20 heavy (non-hydrogen) atoms. The minimum absolute atomic E-state index is 0.222. The monoisotopic (exact) mass is 299 g/mol. The standard InChI is InChI=1S/C13H22ClN5O/c1-2-6-19-13(20)12(14)11(10-17-19)16-5-9-18-7-3-15-4-8-18/h10,15-16H,2-9H2,1H3. The Bertz CT molecular complexity index is 484. The third kappa shape index (κ3) is 3.94. The van der Waals surface area contributed by atoms with Crippen LogP contribution in [0, 0.1) is 0 Å². The number of piperazine rings is 1. The van der Waals surface area contributed by atoms with E-state index in [0.29, 0.717) is 12.2 Å². The van der Waals surface area contributed by atoms with Crippen molar-refractivity contribution >= 4 is 17.3 Å². The Balaban J connectivity index is 1.89. The largest absolute Gasteiger partial charge is 0.381 e. The van der Waals surface area contributed by atoms with E-state index < -0.39 is 0 Å². The van der Waals surface area contributed by atoms with E-state index in [-0.39, 0.29) is 10.6 Å². The van der Waals surface area contributed by atoms with Crippen molar-refractivity contribution in [1.29, 1.82) is 0 Å². The van der Waals surface area contributed by atoms with Crippen LogP contribution in [0.15, 0.2) is 11.0 Å². The minimum atomic E-state index is -0.222. The summed E-state index contributed by atoms with van der Waals surface area (Å²) in [6, 6.07) is 0. The summed E-state index contributed by atoms with van der Waals surface area (Å²) in [4.78, 5) is 14.3. The Hall–Kier alpha value is -1.11. The fraction of sp³-hybridized carbons (Fsp3) is 0.692. The zero-order chi connectivity index (χ0) is 14.4.